The first kappa shape index (κ1) is 13.3. The first-order valence-corrected chi connectivity index (χ1v) is 4.75. The lowest BCUT2D eigenvalue weighted by Gasteiger charge is -2.05. The number of methoxy groups -OCH3 is 1. The van der Waals surface area contributed by atoms with Crippen molar-refractivity contribution in [3.63, 3.8) is 0 Å². The van der Waals surface area contributed by atoms with Gasteiger partial charge in [0, 0.05) is 5.56 Å². The van der Waals surface area contributed by atoms with E-state index in [1.807, 2.05) is 0 Å². The molecule has 0 heterocycles. The molecule has 0 aliphatic carbocycles. The molecule has 0 fully saturated rings. The lowest BCUT2D eigenvalue weighted by Crippen LogP contribution is -2.27. The zero-order valence-electron chi connectivity index (χ0n) is 9.31. The third kappa shape index (κ3) is 2.69. The summed E-state index contributed by atoms with van der Waals surface area (Å²) in [4.78, 5) is 22.5. The van der Waals surface area contributed by atoms with Crippen LogP contribution in [0.3, 0.4) is 0 Å². The molecule has 6 heteroatoms. The molecule has 1 atom stereocenters. The van der Waals surface area contributed by atoms with Crippen molar-refractivity contribution >= 4 is 11.8 Å². The first-order valence-electron chi connectivity index (χ1n) is 4.75. The number of nitrogens with zero attached hydrogens (tertiary/aromatic N) is 2. The fraction of sp³-hybridized carbons (Fsp3) is 0.167. The molecule has 1 aromatic rings. The van der Waals surface area contributed by atoms with E-state index in [2.05, 4.69) is 4.74 Å². The zero-order chi connectivity index (χ0) is 13.7. The molecule has 0 aliphatic heterocycles. The summed E-state index contributed by atoms with van der Waals surface area (Å²) in [5, 5.41) is 17.4. The third-order valence-electron chi connectivity index (χ3n) is 2.11. The Bertz CT molecular complexity index is 552. The van der Waals surface area contributed by atoms with Gasteiger partial charge in [-0.15, -0.1) is 0 Å². The number of hydrogen-bond donors (Lipinski definition) is 0. The number of esters is 1. The second kappa shape index (κ2) is 5.55. The predicted molar refractivity (Wildman–Crippen MR) is 57.1 cm³/mol. The van der Waals surface area contributed by atoms with Gasteiger partial charge in [-0.05, 0) is 18.2 Å². The molecule has 1 rings (SSSR count). The van der Waals surface area contributed by atoms with Gasteiger partial charge in [0.2, 0.25) is 5.78 Å². The summed E-state index contributed by atoms with van der Waals surface area (Å²) in [6, 6.07) is 6.95. The quantitative estimate of drug-likeness (QED) is 0.453. The summed E-state index contributed by atoms with van der Waals surface area (Å²) in [7, 11) is 0.953. The number of nitriles is 2. The molecule has 0 saturated heterocycles. The first-order chi connectivity index (χ1) is 8.53. The monoisotopic (exact) mass is 246 g/mol. The SMILES string of the molecule is COC(=O)C(F)C(=O)c1cc(C#N)cc(C#N)c1. The maximum atomic E-state index is 13.4. The fourth-order valence-electron chi connectivity index (χ4n) is 1.26. The average molecular weight is 246 g/mol. The molecule has 1 unspecified atom stereocenters. The van der Waals surface area contributed by atoms with Gasteiger partial charge in [-0.2, -0.15) is 10.5 Å². The Morgan fingerprint density at radius 2 is 1.72 bits per heavy atom. The minimum atomic E-state index is -2.46. The molecule has 1 aromatic carbocycles. The van der Waals surface area contributed by atoms with E-state index < -0.39 is 17.9 Å². The number of benzene rings is 1. The van der Waals surface area contributed by atoms with Crippen LogP contribution in [0.2, 0.25) is 0 Å². The summed E-state index contributed by atoms with van der Waals surface area (Å²) in [5.74, 6) is -2.46. The topological polar surface area (TPSA) is 90.9 Å². The van der Waals surface area contributed by atoms with Crippen LogP contribution in [0.4, 0.5) is 4.39 Å². The molecule has 0 radical (unpaired) electrons. The molecule has 90 valence electrons. The minimum Gasteiger partial charge on any atom is -0.467 e. The second-order valence-corrected chi connectivity index (χ2v) is 3.27. The Balaban J connectivity index is 3.18. The normalized spacial score (nSPS) is 10.9. The van der Waals surface area contributed by atoms with E-state index in [-0.39, 0.29) is 16.7 Å². The number of ketones is 1. The zero-order valence-corrected chi connectivity index (χ0v) is 9.31. The standard InChI is InChI=1S/C12H7FN2O3/c1-18-12(17)10(13)11(16)9-3-7(5-14)2-8(4-9)6-15/h2-4,10H,1H3. The van der Waals surface area contributed by atoms with Crippen LogP contribution in [-0.4, -0.2) is 25.0 Å². The van der Waals surface area contributed by atoms with E-state index >= 15 is 0 Å². The molecule has 0 amide bonds. The van der Waals surface area contributed by atoms with Gasteiger partial charge >= 0.3 is 5.97 Å². The van der Waals surface area contributed by atoms with Gasteiger partial charge in [-0.1, -0.05) is 0 Å². The van der Waals surface area contributed by atoms with Gasteiger partial charge in [0.25, 0.3) is 6.17 Å². The Hall–Kier alpha value is -2.73. The number of ether oxygens (including phenoxy) is 1. The lowest BCUT2D eigenvalue weighted by molar-refractivity contribution is -0.144. The highest BCUT2D eigenvalue weighted by Gasteiger charge is 2.28. The van der Waals surface area contributed by atoms with E-state index in [1.165, 1.54) is 6.07 Å². The highest BCUT2D eigenvalue weighted by atomic mass is 19.1. The van der Waals surface area contributed by atoms with Crippen LogP contribution in [0.5, 0.6) is 0 Å². The van der Waals surface area contributed by atoms with Crippen molar-refractivity contribution in [3.05, 3.63) is 34.9 Å². The molecular formula is C12H7FN2O3. The van der Waals surface area contributed by atoms with Crippen molar-refractivity contribution < 1.29 is 18.7 Å². The van der Waals surface area contributed by atoms with Crippen molar-refractivity contribution in [2.24, 2.45) is 0 Å². The third-order valence-corrected chi connectivity index (χ3v) is 2.11. The number of hydrogen-bond acceptors (Lipinski definition) is 5. The van der Waals surface area contributed by atoms with Crippen LogP contribution >= 0.6 is 0 Å². The molecule has 5 nitrogen and oxygen atoms in total. The van der Waals surface area contributed by atoms with Crippen molar-refractivity contribution in [3.8, 4) is 12.1 Å². The predicted octanol–water partition coefficient (Wildman–Crippen LogP) is 1.12. The number of carbonyl (C=O) groups is 2. The van der Waals surface area contributed by atoms with Crippen LogP contribution in [0.25, 0.3) is 0 Å². The largest absolute Gasteiger partial charge is 0.467 e. The fourth-order valence-corrected chi connectivity index (χ4v) is 1.26. The highest BCUT2D eigenvalue weighted by Crippen LogP contribution is 2.13. The number of Topliss-reactive ketones (excluding diaryl/α,β-unsaturated/α-hetero) is 1. The maximum Gasteiger partial charge on any atom is 0.348 e. The lowest BCUT2D eigenvalue weighted by atomic mass is 10.0. The number of rotatable bonds is 3. The van der Waals surface area contributed by atoms with E-state index in [0.29, 0.717) is 0 Å². The summed E-state index contributed by atoms with van der Waals surface area (Å²) in [6.45, 7) is 0. The van der Waals surface area contributed by atoms with Gasteiger partial charge in [0.1, 0.15) is 0 Å². The number of alkyl halides is 1. The van der Waals surface area contributed by atoms with Gasteiger partial charge < -0.3 is 4.74 Å². The second-order valence-electron chi connectivity index (χ2n) is 3.27. The number of carbonyl (C=O) groups excluding carboxylic acids is 2. The summed E-state index contributed by atoms with van der Waals surface area (Å²) >= 11 is 0. The Labute approximate surface area is 102 Å². The van der Waals surface area contributed by atoms with Crippen molar-refractivity contribution in [1.82, 2.24) is 0 Å². The van der Waals surface area contributed by atoms with Gasteiger partial charge in [-0.25, -0.2) is 9.18 Å². The summed E-state index contributed by atoms with van der Waals surface area (Å²) in [6.07, 6.45) is -2.46. The Morgan fingerprint density at radius 3 is 2.11 bits per heavy atom. The van der Waals surface area contributed by atoms with Crippen molar-refractivity contribution in [2.75, 3.05) is 7.11 Å². The van der Waals surface area contributed by atoms with Crippen LogP contribution in [0.15, 0.2) is 18.2 Å². The smallest absolute Gasteiger partial charge is 0.348 e. The Morgan fingerprint density at radius 1 is 1.22 bits per heavy atom. The van der Waals surface area contributed by atoms with Crippen LogP contribution < -0.4 is 0 Å². The van der Waals surface area contributed by atoms with Crippen LogP contribution in [-0.2, 0) is 9.53 Å². The van der Waals surface area contributed by atoms with Crippen LogP contribution in [0, 0.1) is 22.7 Å². The highest BCUT2D eigenvalue weighted by molar-refractivity contribution is 6.11. The van der Waals surface area contributed by atoms with E-state index in [0.717, 1.165) is 19.2 Å². The molecule has 0 aliphatic rings. The summed E-state index contributed by atoms with van der Waals surface area (Å²) < 4.78 is 17.5. The molecule has 0 bridgehead atoms. The van der Waals surface area contributed by atoms with Crippen molar-refractivity contribution in [1.29, 1.82) is 10.5 Å². The van der Waals surface area contributed by atoms with Crippen LogP contribution in [0.1, 0.15) is 21.5 Å². The van der Waals surface area contributed by atoms with Gasteiger partial charge in [0.15, 0.2) is 0 Å². The van der Waals surface area contributed by atoms with Gasteiger partial charge in [0.05, 0.1) is 30.4 Å². The molecule has 0 aromatic heterocycles. The Kier molecular flexibility index (Phi) is 4.11. The van der Waals surface area contributed by atoms with Gasteiger partial charge in [-0.3, -0.25) is 4.79 Å². The molecule has 18 heavy (non-hydrogen) atoms. The van der Waals surface area contributed by atoms with E-state index in [4.69, 9.17) is 10.5 Å². The molecule has 0 saturated carbocycles. The van der Waals surface area contributed by atoms with E-state index in [1.54, 1.807) is 12.1 Å². The molecular weight excluding hydrogens is 239 g/mol. The number of halogens is 1. The molecule has 0 spiro atoms. The molecule has 0 N–H and O–H groups in total. The average Bonchev–Trinajstić information content (AvgIpc) is 2.43. The summed E-state index contributed by atoms with van der Waals surface area (Å²) in [5.41, 5.74) is -0.146. The minimum absolute atomic E-state index is 0.0365. The maximum absolute atomic E-state index is 13.4. The van der Waals surface area contributed by atoms with Crippen molar-refractivity contribution in [2.45, 2.75) is 6.17 Å². The van der Waals surface area contributed by atoms with E-state index in [9.17, 15) is 14.0 Å².